The van der Waals surface area contributed by atoms with E-state index in [1.807, 2.05) is 0 Å². The summed E-state index contributed by atoms with van der Waals surface area (Å²) in [5.41, 5.74) is -0.219. The molecule has 0 aliphatic heterocycles. The van der Waals surface area contributed by atoms with Crippen LogP contribution in [-0.4, -0.2) is 12.6 Å². The molecular formula is C17H24O2. The summed E-state index contributed by atoms with van der Waals surface area (Å²) in [6, 6.07) is 0. The number of allylic oxidation sites excluding steroid dienone is 1. The van der Waals surface area contributed by atoms with Crippen LogP contribution >= 0.6 is 0 Å². The van der Waals surface area contributed by atoms with E-state index >= 15 is 0 Å². The van der Waals surface area contributed by atoms with E-state index in [4.69, 9.17) is 4.74 Å². The van der Waals surface area contributed by atoms with Gasteiger partial charge in [-0.3, -0.25) is 4.79 Å². The average molecular weight is 260 g/mol. The van der Waals surface area contributed by atoms with Gasteiger partial charge in [0.15, 0.2) is 0 Å². The van der Waals surface area contributed by atoms with Gasteiger partial charge < -0.3 is 4.74 Å². The third-order valence-corrected chi connectivity index (χ3v) is 6.40. The Hall–Kier alpha value is -0.790. The maximum atomic E-state index is 12.6. The van der Waals surface area contributed by atoms with E-state index in [0.29, 0.717) is 18.4 Å². The van der Waals surface area contributed by atoms with E-state index in [9.17, 15) is 4.79 Å². The van der Waals surface area contributed by atoms with Crippen molar-refractivity contribution >= 4 is 5.97 Å². The zero-order valence-electron chi connectivity index (χ0n) is 11.8. The minimum Gasteiger partial charge on any atom is -0.465 e. The van der Waals surface area contributed by atoms with E-state index in [2.05, 4.69) is 19.1 Å². The predicted molar refractivity (Wildman–Crippen MR) is 73.4 cm³/mol. The monoisotopic (exact) mass is 260 g/mol. The van der Waals surface area contributed by atoms with E-state index < -0.39 is 0 Å². The lowest BCUT2D eigenvalue weighted by Gasteiger charge is -2.37. The van der Waals surface area contributed by atoms with Gasteiger partial charge in [-0.1, -0.05) is 25.5 Å². The third kappa shape index (κ3) is 1.46. The number of esters is 1. The highest BCUT2D eigenvalue weighted by molar-refractivity contribution is 5.81. The van der Waals surface area contributed by atoms with Gasteiger partial charge in [0, 0.05) is 0 Å². The molecule has 0 amide bonds. The molecule has 0 spiro atoms. The Kier molecular flexibility index (Phi) is 2.59. The van der Waals surface area contributed by atoms with Crippen LogP contribution in [-0.2, 0) is 9.53 Å². The highest BCUT2D eigenvalue weighted by atomic mass is 16.5. The van der Waals surface area contributed by atoms with Crippen LogP contribution < -0.4 is 0 Å². The van der Waals surface area contributed by atoms with Crippen LogP contribution in [0.15, 0.2) is 12.2 Å². The van der Waals surface area contributed by atoms with Gasteiger partial charge in [0.05, 0.1) is 12.0 Å². The van der Waals surface area contributed by atoms with E-state index in [-0.39, 0.29) is 11.4 Å². The Morgan fingerprint density at radius 3 is 3.05 bits per heavy atom. The van der Waals surface area contributed by atoms with Crippen LogP contribution in [0, 0.1) is 35.0 Å². The van der Waals surface area contributed by atoms with Crippen molar-refractivity contribution < 1.29 is 9.53 Å². The van der Waals surface area contributed by atoms with E-state index in [1.165, 1.54) is 19.3 Å². The van der Waals surface area contributed by atoms with Crippen molar-refractivity contribution in [1.82, 2.24) is 0 Å². The van der Waals surface area contributed by atoms with Crippen molar-refractivity contribution in [3.63, 3.8) is 0 Å². The van der Waals surface area contributed by atoms with Crippen LogP contribution in [0.25, 0.3) is 0 Å². The first-order chi connectivity index (χ1) is 9.26. The number of hydrogen-bond acceptors (Lipinski definition) is 2. The van der Waals surface area contributed by atoms with Crippen molar-refractivity contribution in [3.05, 3.63) is 12.2 Å². The Bertz CT molecular complexity index is 427. The summed E-state index contributed by atoms with van der Waals surface area (Å²) in [7, 11) is 0. The summed E-state index contributed by atoms with van der Waals surface area (Å²) < 4.78 is 5.61. The van der Waals surface area contributed by atoms with Crippen LogP contribution in [0.4, 0.5) is 0 Å². The molecule has 0 radical (unpaired) electrons. The number of unbranched alkanes of at least 4 members (excludes halogenated alkanes) is 1. The Labute approximate surface area is 115 Å². The second-order valence-corrected chi connectivity index (χ2v) is 7.19. The molecule has 4 rings (SSSR count). The molecule has 0 aromatic carbocycles. The van der Waals surface area contributed by atoms with Crippen molar-refractivity contribution in [2.75, 3.05) is 6.61 Å². The SMILES string of the molecule is CCCCOC(=O)C12C=CC(C1)C1C3CCC(C3)C12. The van der Waals surface area contributed by atoms with Crippen LogP contribution in [0.1, 0.15) is 45.4 Å². The quantitative estimate of drug-likeness (QED) is 0.334. The molecule has 4 bridgehead atoms. The van der Waals surface area contributed by atoms with Crippen LogP contribution in [0.5, 0.6) is 0 Å². The Morgan fingerprint density at radius 1 is 1.37 bits per heavy atom. The number of ether oxygens (including phenoxy) is 1. The van der Waals surface area contributed by atoms with Gasteiger partial charge >= 0.3 is 5.97 Å². The molecule has 3 saturated carbocycles. The molecule has 0 N–H and O–H groups in total. The smallest absolute Gasteiger partial charge is 0.316 e. The standard InChI is InChI=1S/C17H24O2/c1-2-3-8-19-16(18)17-7-6-13(10-17)14-11-4-5-12(9-11)15(14)17/h6-7,11-15H,2-5,8-10H2,1H3. The number of carbonyl (C=O) groups is 1. The summed E-state index contributed by atoms with van der Waals surface area (Å²) in [5.74, 6) is 3.93. The first-order valence-electron chi connectivity index (χ1n) is 8.13. The normalized spacial score (nSPS) is 48.8. The summed E-state index contributed by atoms with van der Waals surface area (Å²) >= 11 is 0. The molecule has 4 aliphatic rings. The average Bonchev–Trinajstić information content (AvgIpc) is 3.17. The summed E-state index contributed by atoms with van der Waals surface area (Å²) in [6.07, 6.45) is 11.9. The maximum Gasteiger partial charge on any atom is 0.316 e. The van der Waals surface area contributed by atoms with Gasteiger partial charge in [0.1, 0.15) is 0 Å². The summed E-state index contributed by atoms with van der Waals surface area (Å²) in [5, 5.41) is 0. The van der Waals surface area contributed by atoms with Gasteiger partial charge in [-0.2, -0.15) is 0 Å². The van der Waals surface area contributed by atoms with Gasteiger partial charge in [-0.05, 0) is 61.7 Å². The summed E-state index contributed by atoms with van der Waals surface area (Å²) in [4.78, 5) is 12.6. The van der Waals surface area contributed by atoms with Gasteiger partial charge in [-0.15, -0.1) is 0 Å². The first-order valence-corrected chi connectivity index (χ1v) is 8.13. The molecule has 6 atom stereocenters. The van der Waals surface area contributed by atoms with E-state index in [1.54, 1.807) is 0 Å². The minimum atomic E-state index is -0.219. The predicted octanol–water partition coefficient (Wildman–Crippen LogP) is 3.57. The molecule has 2 nitrogen and oxygen atoms in total. The van der Waals surface area contributed by atoms with E-state index in [0.717, 1.165) is 37.0 Å². The zero-order valence-corrected chi connectivity index (χ0v) is 11.8. The molecule has 0 aromatic heterocycles. The molecular weight excluding hydrogens is 236 g/mol. The highest BCUT2D eigenvalue weighted by Crippen LogP contribution is 2.70. The Morgan fingerprint density at radius 2 is 2.21 bits per heavy atom. The molecule has 0 aromatic rings. The Balaban J connectivity index is 1.57. The lowest BCUT2D eigenvalue weighted by atomic mass is 9.67. The van der Waals surface area contributed by atoms with Crippen molar-refractivity contribution in [3.8, 4) is 0 Å². The lowest BCUT2D eigenvalue weighted by molar-refractivity contribution is -0.156. The molecule has 2 heteroatoms. The molecule has 3 fully saturated rings. The minimum absolute atomic E-state index is 0.0970. The second-order valence-electron chi connectivity index (χ2n) is 7.19. The maximum absolute atomic E-state index is 12.6. The lowest BCUT2D eigenvalue weighted by Crippen LogP contribution is -2.39. The molecule has 4 aliphatic carbocycles. The fourth-order valence-electron chi connectivity index (χ4n) is 5.78. The fourth-order valence-corrected chi connectivity index (χ4v) is 5.78. The number of fused-ring (bicyclic) bond motifs is 9. The van der Waals surface area contributed by atoms with Crippen molar-refractivity contribution in [2.45, 2.75) is 45.4 Å². The molecule has 0 heterocycles. The number of hydrogen-bond donors (Lipinski definition) is 0. The van der Waals surface area contributed by atoms with Gasteiger partial charge in [-0.25, -0.2) is 0 Å². The number of carbonyl (C=O) groups excluding carboxylic acids is 1. The highest BCUT2D eigenvalue weighted by Gasteiger charge is 2.67. The fraction of sp³-hybridized carbons (Fsp3) is 0.824. The molecule has 104 valence electrons. The van der Waals surface area contributed by atoms with Crippen LogP contribution in [0.3, 0.4) is 0 Å². The first kappa shape index (κ1) is 12.0. The third-order valence-electron chi connectivity index (χ3n) is 6.40. The topological polar surface area (TPSA) is 26.3 Å². The van der Waals surface area contributed by atoms with Gasteiger partial charge in [0.25, 0.3) is 0 Å². The summed E-state index contributed by atoms with van der Waals surface area (Å²) in [6.45, 7) is 2.75. The largest absolute Gasteiger partial charge is 0.465 e. The molecule has 19 heavy (non-hydrogen) atoms. The second kappa shape index (κ2) is 4.10. The molecule has 6 unspecified atom stereocenters. The van der Waals surface area contributed by atoms with Crippen molar-refractivity contribution in [2.24, 2.45) is 35.0 Å². The van der Waals surface area contributed by atoms with Gasteiger partial charge in [0.2, 0.25) is 0 Å². The van der Waals surface area contributed by atoms with Crippen molar-refractivity contribution in [1.29, 1.82) is 0 Å². The number of rotatable bonds is 4. The zero-order chi connectivity index (χ0) is 13.0. The molecule has 0 saturated heterocycles. The van der Waals surface area contributed by atoms with Crippen LogP contribution in [0.2, 0.25) is 0 Å².